The van der Waals surface area contributed by atoms with Gasteiger partial charge in [0.05, 0.1) is 12.3 Å². The predicted octanol–water partition coefficient (Wildman–Crippen LogP) is 2.93. The van der Waals surface area contributed by atoms with Crippen LogP contribution in [0.4, 0.5) is 0 Å². The topological polar surface area (TPSA) is 34.4 Å². The Labute approximate surface area is 107 Å². The smallest absolute Gasteiger partial charge is 0.124 e. The van der Waals surface area contributed by atoms with E-state index in [4.69, 9.17) is 9.15 Å². The van der Waals surface area contributed by atoms with Gasteiger partial charge < -0.3 is 14.5 Å². The van der Waals surface area contributed by atoms with E-state index < -0.39 is 0 Å². The lowest BCUT2D eigenvalue weighted by atomic mass is 10.1. The fourth-order valence-electron chi connectivity index (χ4n) is 2.43. The van der Waals surface area contributed by atoms with Crippen LogP contribution in [0.5, 0.6) is 5.75 Å². The first kappa shape index (κ1) is 11.4. The van der Waals surface area contributed by atoms with E-state index in [1.165, 1.54) is 5.56 Å². The van der Waals surface area contributed by atoms with Crippen molar-refractivity contribution in [3.05, 3.63) is 54.0 Å². The second kappa shape index (κ2) is 4.86. The van der Waals surface area contributed by atoms with Gasteiger partial charge in [-0.2, -0.15) is 0 Å². The molecule has 1 aromatic carbocycles. The molecule has 18 heavy (non-hydrogen) atoms. The molecule has 2 aromatic rings. The zero-order valence-electron chi connectivity index (χ0n) is 10.4. The predicted molar refractivity (Wildman–Crippen MR) is 69.7 cm³/mol. The number of hydrogen-bond acceptors (Lipinski definition) is 3. The Balaban J connectivity index is 1.64. The summed E-state index contributed by atoms with van der Waals surface area (Å²) in [5, 5.41) is 3.59. The van der Waals surface area contributed by atoms with Gasteiger partial charge in [0.25, 0.3) is 0 Å². The highest BCUT2D eigenvalue weighted by molar-refractivity contribution is 5.39. The fourth-order valence-corrected chi connectivity index (χ4v) is 2.43. The number of ether oxygens (including phenoxy) is 1. The zero-order valence-corrected chi connectivity index (χ0v) is 10.4. The van der Waals surface area contributed by atoms with Crippen molar-refractivity contribution in [3.63, 3.8) is 0 Å². The molecule has 0 spiro atoms. The fraction of sp³-hybridized carbons (Fsp3) is 0.333. The number of para-hydroxylation sites is 1. The zero-order chi connectivity index (χ0) is 12.4. The van der Waals surface area contributed by atoms with Crippen LogP contribution in [0.25, 0.3) is 0 Å². The molecule has 0 aliphatic carbocycles. The highest BCUT2D eigenvalue weighted by Gasteiger charge is 2.24. The Morgan fingerprint density at radius 1 is 1.28 bits per heavy atom. The van der Waals surface area contributed by atoms with Crippen LogP contribution in [-0.2, 0) is 6.42 Å². The third-order valence-corrected chi connectivity index (χ3v) is 3.27. The van der Waals surface area contributed by atoms with E-state index in [0.717, 1.165) is 17.9 Å². The van der Waals surface area contributed by atoms with Gasteiger partial charge in [-0.3, -0.25) is 0 Å². The highest BCUT2D eigenvalue weighted by Crippen LogP contribution is 2.32. The average molecular weight is 243 g/mol. The van der Waals surface area contributed by atoms with Gasteiger partial charge in [-0.15, -0.1) is 0 Å². The van der Waals surface area contributed by atoms with Crippen LogP contribution in [0, 0.1) is 0 Å². The van der Waals surface area contributed by atoms with Gasteiger partial charge in [-0.05, 0) is 25.1 Å². The van der Waals surface area contributed by atoms with E-state index in [2.05, 4.69) is 24.4 Å². The van der Waals surface area contributed by atoms with Gasteiger partial charge in [0.15, 0.2) is 0 Å². The van der Waals surface area contributed by atoms with Gasteiger partial charge in [0.1, 0.15) is 18.1 Å². The molecular formula is C15H17NO2. The van der Waals surface area contributed by atoms with Crippen molar-refractivity contribution in [3.8, 4) is 5.75 Å². The van der Waals surface area contributed by atoms with Crippen molar-refractivity contribution in [2.75, 3.05) is 6.61 Å². The number of furan rings is 1. The van der Waals surface area contributed by atoms with E-state index in [0.29, 0.717) is 12.6 Å². The number of benzene rings is 1. The maximum Gasteiger partial charge on any atom is 0.124 e. The molecule has 2 atom stereocenters. The molecule has 0 fully saturated rings. The molecule has 2 heterocycles. The largest absolute Gasteiger partial charge is 0.491 e. The summed E-state index contributed by atoms with van der Waals surface area (Å²) in [5.41, 5.74) is 1.25. The summed E-state index contributed by atoms with van der Waals surface area (Å²) in [6.07, 6.45) is 2.61. The molecule has 0 saturated heterocycles. The van der Waals surface area contributed by atoms with Crippen LogP contribution < -0.4 is 10.1 Å². The summed E-state index contributed by atoms with van der Waals surface area (Å²) >= 11 is 0. The average Bonchev–Trinajstić information content (AvgIpc) is 3.00. The van der Waals surface area contributed by atoms with Crippen molar-refractivity contribution in [1.82, 2.24) is 5.32 Å². The minimum Gasteiger partial charge on any atom is -0.491 e. The summed E-state index contributed by atoms with van der Waals surface area (Å²) < 4.78 is 11.0. The second-order valence-electron chi connectivity index (χ2n) is 4.75. The molecule has 1 aliphatic rings. The lowest BCUT2D eigenvalue weighted by Gasteiger charge is -2.17. The van der Waals surface area contributed by atoms with E-state index in [1.54, 1.807) is 6.26 Å². The number of fused-ring (bicyclic) bond motifs is 1. The molecule has 3 rings (SSSR count). The first-order valence-corrected chi connectivity index (χ1v) is 6.33. The summed E-state index contributed by atoms with van der Waals surface area (Å²) in [5.74, 6) is 2.02. The van der Waals surface area contributed by atoms with Crippen molar-refractivity contribution in [1.29, 1.82) is 0 Å². The molecule has 3 heteroatoms. The Morgan fingerprint density at radius 3 is 3.00 bits per heavy atom. The third-order valence-electron chi connectivity index (χ3n) is 3.27. The van der Waals surface area contributed by atoms with Gasteiger partial charge in [-0.1, -0.05) is 18.2 Å². The molecule has 2 unspecified atom stereocenters. The van der Waals surface area contributed by atoms with Crippen molar-refractivity contribution in [2.24, 2.45) is 0 Å². The van der Waals surface area contributed by atoms with Crippen LogP contribution in [-0.4, -0.2) is 12.6 Å². The second-order valence-corrected chi connectivity index (χ2v) is 4.75. The summed E-state index contributed by atoms with van der Waals surface area (Å²) in [6.45, 7) is 2.88. The number of hydrogen-bond donors (Lipinski definition) is 1. The van der Waals surface area contributed by atoms with Crippen LogP contribution in [0.2, 0.25) is 0 Å². The highest BCUT2D eigenvalue weighted by atomic mass is 16.5. The molecule has 1 aromatic heterocycles. The van der Waals surface area contributed by atoms with Gasteiger partial charge in [0.2, 0.25) is 0 Å². The normalized spacial score (nSPS) is 19.3. The lowest BCUT2D eigenvalue weighted by Crippen LogP contribution is -2.32. The van der Waals surface area contributed by atoms with Crippen LogP contribution in [0.1, 0.15) is 24.3 Å². The molecular weight excluding hydrogens is 226 g/mol. The van der Waals surface area contributed by atoms with Gasteiger partial charge in [-0.25, -0.2) is 0 Å². The van der Waals surface area contributed by atoms with E-state index in [-0.39, 0.29) is 6.04 Å². The minimum absolute atomic E-state index is 0.283. The summed E-state index contributed by atoms with van der Waals surface area (Å²) in [6, 6.07) is 12.8. The Hall–Kier alpha value is -1.74. The molecule has 1 N–H and O–H groups in total. The quantitative estimate of drug-likeness (QED) is 0.896. The molecule has 94 valence electrons. The molecule has 0 saturated carbocycles. The van der Waals surface area contributed by atoms with Crippen molar-refractivity contribution < 1.29 is 9.15 Å². The molecule has 3 nitrogen and oxygen atoms in total. The standard InChI is InChI=1S/C15H17NO2/c1-11(9-12-5-4-8-17-12)16-14-10-18-15-7-3-2-6-13(14)15/h2-8,11,14,16H,9-10H2,1H3. The first-order valence-electron chi connectivity index (χ1n) is 6.33. The van der Waals surface area contributed by atoms with Crippen molar-refractivity contribution >= 4 is 0 Å². The van der Waals surface area contributed by atoms with E-state index >= 15 is 0 Å². The molecule has 0 amide bonds. The minimum atomic E-state index is 0.283. The Morgan fingerprint density at radius 2 is 2.17 bits per heavy atom. The first-order chi connectivity index (χ1) is 8.83. The Bertz CT molecular complexity index is 507. The number of rotatable bonds is 4. The SMILES string of the molecule is CC(Cc1ccco1)NC1COc2ccccc21. The van der Waals surface area contributed by atoms with Crippen molar-refractivity contribution in [2.45, 2.75) is 25.4 Å². The molecule has 0 bridgehead atoms. The summed E-state index contributed by atoms with van der Waals surface area (Å²) in [7, 11) is 0. The van der Waals surface area contributed by atoms with Crippen LogP contribution in [0.15, 0.2) is 47.1 Å². The molecule has 1 aliphatic heterocycles. The monoisotopic (exact) mass is 243 g/mol. The molecule has 0 radical (unpaired) electrons. The maximum atomic E-state index is 5.66. The van der Waals surface area contributed by atoms with Crippen LogP contribution >= 0.6 is 0 Å². The van der Waals surface area contributed by atoms with E-state index in [9.17, 15) is 0 Å². The van der Waals surface area contributed by atoms with Gasteiger partial charge in [0, 0.05) is 18.0 Å². The summed E-state index contributed by atoms with van der Waals surface area (Å²) in [4.78, 5) is 0. The van der Waals surface area contributed by atoms with Gasteiger partial charge >= 0.3 is 0 Å². The lowest BCUT2D eigenvalue weighted by molar-refractivity contribution is 0.297. The maximum absolute atomic E-state index is 5.66. The Kier molecular flexibility index (Phi) is 3.07. The number of nitrogens with one attached hydrogen (secondary N) is 1. The third kappa shape index (κ3) is 2.27. The van der Waals surface area contributed by atoms with E-state index in [1.807, 2.05) is 24.3 Å². The van der Waals surface area contributed by atoms with Crippen LogP contribution in [0.3, 0.4) is 0 Å².